The summed E-state index contributed by atoms with van der Waals surface area (Å²) in [5.41, 5.74) is 3.67. The molecule has 0 fully saturated rings. The highest BCUT2D eigenvalue weighted by atomic mass is 16.5. The van der Waals surface area contributed by atoms with Gasteiger partial charge < -0.3 is 10.1 Å². The summed E-state index contributed by atoms with van der Waals surface area (Å²) < 4.78 is 6.03. The highest BCUT2D eigenvalue weighted by Gasteiger charge is 2.28. The lowest BCUT2D eigenvalue weighted by Crippen LogP contribution is -2.32. The highest BCUT2D eigenvalue weighted by Crippen LogP contribution is 2.34. The van der Waals surface area contributed by atoms with E-state index in [1.165, 1.54) is 0 Å². The molecule has 0 saturated heterocycles. The molecule has 0 aromatic heterocycles. The number of nitrogens with zero attached hydrogens (tertiary/aromatic N) is 1. The Labute approximate surface area is 125 Å². The van der Waals surface area contributed by atoms with Crippen molar-refractivity contribution in [3.05, 3.63) is 59.7 Å². The lowest BCUT2D eigenvalue weighted by Gasteiger charge is -2.30. The van der Waals surface area contributed by atoms with Crippen LogP contribution in [0.2, 0.25) is 0 Å². The number of nitrogens with one attached hydrogen (secondary N) is 1. The van der Waals surface area contributed by atoms with Crippen LogP contribution in [0.3, 0.4) is 0 Å². The minimum Gasteiger partial charge on any atom is -0.466 e. The van der Waals surface area contributed by atoms with Gasteiger partial charge in [0.15, 0.2) is 5.72 Å². The zero-order valence-electron chi connectivity index (χ0n) is 12.7. The molecule has 0 radical (unpaired) electrons. The third-order valence-corrected chi connectivity index (χ3v) is 3.41. The zero-order chi connectivity index (χ0) is 14.9. The van der Waals surface area contributed by atoms with Gasteiger partial charge in [-0.2, -0.15) is 0 Å². The van der Waals surface area contributed by atoms with E-state index < -0.39 is 5.72 Å². The predicted octanol–water partition coefficient (Wildman–Crippen LogP) is 4.08. The van der Waals surface area contributed by atoms with Crippen LogP contribution in [0.4, 0.5) is 5.69 Å². The van der Waals surface area contributed by atoms with Crippen LogP contribution in [-0.2, 0) is 0 Å². The molecule has 0 aliphatic carbocycles. The third kappa shape index (κ3) is 2.77. The fourth-order valence-electron chi connectivity index (χ4n) is 2.55. The van der Waals surface area contributed by atoms with Gasteiger partial charge in [0.2, 0.25) is 0 Å². The molecule has 1 heterocycles. The Hall–Kier alpha value is -2.29. The van der Waals surface area contributed by atoms with Crippen LogP contribution in [-0.4, -0.2) is 18.0 Å². The summed E-state index contributed by atoms with van der Waals surface area (Å²) in [5, 5.41) is 3.32. The summed E-state index contributed by atoms with van der Waals surface area (Å²) in [6.07, 6.45) is 0. The van der Waals surface area contributed by atoms with Crippen LogP contribution in [0.1, 0.15) is 31.9 Å². The van der Waals surface area contributed by atoms with Crippen molar-refractivity contribution in [2.45, 2.75) is 26.5 Å². The van der Waals surface area contributed by atoms with Gasteiger partial charge in [0.25, 0.3) is 0 Å². The Kier molecular flexibility index (Phi) is 3.42. The predicted molar refractivity (Wildman–Crippen MR) is 87.4 cm³/mol. The average Bonchev–Trinajstić information content (AvgIpc) is 2.46. The first-order valence-corrected chi connectivity index (χ1v) is 7.31. The molecule has 0 bridgehead atoms. The second-order valence-electron chi connectivity index (χ2n) is 5.62. The van der Waals surface area contributed by atoms with Crippen molar-refractivity contribution in [3.8, 4) is 5.75 Å². The molecular weight excluding hydrogens is 260 g/mol. The first-order chi connectivity index (χ1) is 10.1. The Bertz CT molecular complexity index is 675. The van der Waals surface area contributed by atoms with Crippen LogP contribution < -0.4 is 10.1 Å². The topological polar surface area (TPSA) is 33.6 Å². The molecule has 3 heteroatoms. The highest BCUT2D eigenvalue weighted by molar-refractivity contribution is 6.15. The summed E-state index contributed by atoms with van der Waals surface area (Å²) in [6.45, 7) is 6.94. The molecule has 0 amide bonds. The molecule has 0 atom stereocenters. The number of anilines is 1. The van der Waals surface area contributed by atoms with E-state index >= 15 is 0 Å². The van der Waals surface area contributed by atoms with Crippen LogP contribution in [0.5, 0.6) is 5.75 Å². The van der Waals surface area contributed by atoms with Gasteiger partial charge in [-0.1, -0.05) is 30.3 Å². The van der Waals surface area contributed by atoms with Crippen molar-refractivity contribution >= 4 is 11.4 Å². The van der Waals surface area contributed by atoms with Gasteiger partial charge in [-0.3, -0.25) is 0 Å². The van der Waals surface area contributed by atoms with E-state index in [9.17, 15) is 0 Å². The maximum absolute atomic E-state index is 6.03. The van der Waals surface area contributed by atoms with Crippen LogP contribution >= 0.6 is 0 Å². The number of benzene rings is 2. The average molecular weight is 280 g/mol. The Morgan fingerprint density at radius 3 is 2.57 bits per heavy atom. The second kappa shape index (κ2) is 5.24. The number of hydrogen-bond acceptors (Lipinski definition) is 3. The number of ether oxygens (including phenoxy) is 1. The molecule has 0 unspecified atom stereocenters. The standard InChI is InChI=1S/C18H20N2O/c1-4-19-14-10-11-15-16(12-14)21-18(2,3)20-17(15)13-8-6-5-7-9-13/h5-12,19H,4H2,1-3H3. The van der Waals surface area contributed by atoms with E-state index in [4.69, 9.17) is 9.73 Å². The van der Waals surface area contributed by atoms with Gasteiger partial charge in [0, 0.05) is 29.4 Å². The summed E-state index contributed by atoms with van der Waals surface area (Å²) in [5.74, 6) is 0.882. The maximum Gasteiger partial charge on any atom is 0.195 e. The summed E-state index contributed by atoms with van der Waals surface area (Å²) >= 11 is 0. The minimum atomic E-state index is -0.553. The molecule has 2 aromatic rings. The Morgan fingerprint density at radius 1 is 1.10 bits per heavy atom. The van der Waals surface area contributed by atoms with Crippen molar-refractivity contribution < 1.29 is 4.74 Å². The normalized spacial score (nSPS) is 15.7. The molecule has 1 aliphatic rings. The molecule has 1 aliphatic heterocycles. The molecule has 1 N–H and O–H groups in total. The van der Waals surface area contributed by atoms with Crippen LogP contribution in [0.25, 0.3) is 0 Å². The van der Waals surface area contributed by atoms with Crippen molar-refractivity contribution in [1.29, 1.82) is 0 Å². The monoisotopic (exact) mass is 280 g/mol. The quantitative estimate of drug-likeness (QED) is 0.919. The van der Waals surface area contributed by atoms with Crippen LogP contribution in [0.15, 0.2) is 53.5 Å². The molecule has 2 aromatic carbocycles. The zero-order valence-corrected chi connectivity index (χ0v) is 12.7. The first-order valence-electron chi connectivity index (χ1n) is 7.31. The lowest BCUT2D eigenvalue weighted by atomic mass is 9.98. The lowest BCUT2D eigenvalue weighted by molar-refractivity contribution is 0.115. The van der Waals surface area contributed by atoms with Crippen molar-refractivity contribution in [1.82, 2.24) is 0 Å². The van der Waals surface area contributed by atoms with E-state index in [-0.39, 0.29) is 0 Å². The van der Waals surface area contributed by atoms with E-state index in [2.05, 4.69) is 42.6 Å². The minimum absolute atomic E-state index is 0.553. The van der Waals surface area contributed by atoms with Gasteiger partial charge in [-0.05, 0) is 32.9 Å². The fraction of sp³-hybridized carbons (Fsp3) is 0.278. The first kappa shape index (κ1) is 13.7. The van der Waals surface area contributed by atoms with Crippen molar-refractivity contribution in [3.63, 3.8) is 0 Å². The van der Waals surface area contributed by atoms with Gasteiger partial charge >= 0.3 is 0 Å². The van der Waals surface area contributed by atoms with Gasteiger partial charge in [-0.15, -0.1) is 0 Å². The molecule has 21 heavy (non-hydrogen) atoms. The fourth-order valence-corrected chi connectivity index (χ4v) is 2.55. The summed E-state index contributed by atoms with van der Waals surface area (Å²) in [6, 6.07) is 16.5. The van der Waals surface area contributed by atoms with E-state index in [0.29, 0.717) is 0 Å². The van der Waals surface area contributed by atoms with Gasteiger partial charge in [-0.25, -0.2) is 4.99 Å². The molecular formula is C18H20N2O. The number of fused-ring (bicyclic) bond motifs is 1. The summed E-state index contributed by atoms with van der Waals surface area (Å²) in [7, 11) is 0. The molecule has 0 saturated carbocycles. The maximum atomic E-state index is 6.03. The van der Waals surface area contributed by atoms with Crippen molar-refractivity contribution in [2.24, 2.45) is 4.99 Å². The molecule has 108 valence electrons. The third-order valence-electron chi connectivity index (χ3n) is 3.41. The Balaban J connectivity index is 2.11. The van der Waals surface area contributed by atoms with E-state index in [1.807, 2.05) is 32.0 Å². The summed E-state index contributed by atoms with van der Waals surface area (Å²) in [4.78, 5) is 4.78. The molecule has 3 rings (SSSR count). The van der Waals surface area contributed by atoms with E-state index in [0.717, 1.165) is 34.8 Å². The second-order valence-corrected chi connectivity index (χ2v) is 5.62. The van der Waals surface area contributed by atoms with Gasteiger partial charge in [0.05, 0.1) is 5.71 Å². The van der Waals surface area contributed by atoms with Gasteiger partial charge in [0.1, 0.15) is 5.75 Å². The molecule has 0 spiro atoms. The van der Waals surface area contributed by atoms with Crippen molar-refractivity contribution in [2.75, 3.05) is 11.9 Å². The number of aliphatic imine (C=N–C) groups is 1. The smallest absolute Gasteiger partial charge is 0.195 e. The number of rotatable bonds is 3. The molecule has 3 nitrogen and oxygen atoms in total. The van der Waals surface area contributed by atoms with E-state index in [1.54, 1.807) is 0 Å². The van der Waals surface area contributed by atoms with Crippen LogP contribution in [0, 0.1) is 0 Å². The largest absolute Gasteiger partial charge is 0.466 e. The SMILES string of the molecule is CCNc1ccc2c(c1)OC(C)(C)N=C2c1ccccc1. The number of hydrogen-bond donors (Lipinski definition) is 1. The Morgan fingerprint density at radius 2 is 1.86 bits per heavy atom.